The van der Waals surface area contributed by atoms with E-state index in [0.29, 0.717) is 5.65 Å². The molecule has 0 spiro atoms. The highest BCUT2D eigenvalue weighted by Crippen LogP contribution is 2.27. The minimum Gasteiger partial charge on any atom is -0.372 e. The summed E-state index contributed by atoms with van der Waals surface area (Å²) in [7, 11) is 0. The van der Waals surface area contributed by atoms with Crippen molar-refractivity contribution in [1.82, 2.24) is 19.7 Å². The molecule has 1 aliphatic rings. The number of morpholine rings is 1. The van der Waals surface area contributed by atoms with Crippen molar-refractivity contribution >= 4 is 16.9 Å². The molecule has 7 heteroatoms. The van der Waals surface area contributed by atoms with Crippen molar-refractivity contribution in [3.05, 3.63) is 42.6 Å². The fraction of sp³-hybridized carbons (Fsp3) is 0.353. The number of ether oxygens (including phenoxy) is 1. The molecular formula is C17H18FN5O. The van der Waals surface area contributed by atoms with E-state index in [1.165, 1.54) is 12.1 Å². The van der Waals surface area contributed by atoms with Gasteiger partial charge >= 0.3 is 0 Å². The van der Waals surface area contributed by atoms with Gasteiger partial charge in [-0.15, -0.1) is 0 Å². The van der Waals surface area contributed by atoms with Crippen LogP contribution in [0.2, 0.25) is 0 Å². The Labute approximate surface area is 138 Å². The minimum atomic E-state index is -0.276. The average Bonchev–Trinajstić information content (AvgIpc) is 2.98. The van der Waals surface area contributed by atoms with Gasteiger partial charge in [-0.3, -0.25) is 0 Å². The lowest BCUT2D eigenvalue weighted by Gasteiger charge is -2.36. The van der Waals surface area contributed by atoms with E-state index >= 15 is 0 Å². The van der Waals surface area contributed by atoms with Gasteiger partial charge in [-0.2, -0.15) is 5.10 Å². The predicted molar refractivity (Wildman–Crippen MR) is 88.8 cm³/mol. The summed E-state index contributed by atoms with van der Waals surface area (Å²) in [6.45, 7) is 5.67. The maximum absolute atomic E-state index is 13.1. The fourth-order valence-electron chi connectivity index (χ4n) is 3.21. The van der Waals surface area contributed by atoms with E-state index in [1.807, 2.05) is 0 Å². The second-order valence-electron chi connectivity index (χ2n) is 6.13. The van der Waals surface area contributed by atoms with Crippen LogP contribution in [-0.2, 0) is 4.74 Å². The first-order valence-electron chi connectivity index (χ1n) is 7.97. The van der Waals surface area contributed by atoms with Crippen molar-refractivity contribution in [3.8, 4) is 5.69 Å². The van der Waals surface area contributed by atoms with Gasteiger partial charge in [0.25, 0.3) is 0 Å². The lowest BCUT2D eigenvalue weighted by molar-refractivity contribution is -0.00537. The molecule has 124 valence electrons. The number of halogens is 1. The van der Waals surface area contributed by atoms with E-state index in [9.17, 15) is 4.39 Å². The summed E-state index contributed by atoms with van der Waals surface area (Å²) < 4.78 is 20.6. The van der Waals surface area contributed by atoms with Gasteiger partial charge in [-0.1, -0.05) is 0 Å². The normalized spacial score (nSPS) is 21.4. The second kappa shape index (κ2) is 5.83. The van der Waals surface area contributed by atoms with E-state index in [0.717, 1.165) is 30.0 Å². The summed E-state index contributed by atoms with van der Waals surface area (Å²) in [6.07, 6.45) is 3.60. The van der Waals surface area contributed by atoms with Gasteiger partial charge in [0.1, 0.15) is 18.0 Å². The lowest BCUT2D eigenvalue weighted by Crippen LogP contribution is -2.45. The molecule has 1 fully saturated rings. The van der Waals surface area contributed by atoms with Gasteiger partial charge in [-0.05, 0) is 38.1 Å². The van der Waals surface area contributed by atoms with Gasteiger partial charge in [0.15, 0.2) is 5.65 Å². The van der Waals surface area contributed by atoms with Crippen LogP contribution >= 0.6 is 0 Å². The molecule has 3 heterocycles. The Morgan fingerprint density at radius 1 is 1.08 bits per heavy atom. The molecule has 0 unspecified atom stereocenters. The Morgan fingerprint density at radius 3 is 2.50 bits per heavy atom. The number of hydrogen-bond acceptors (Lipinski definition) is 5. The molecule has 0 saturated carbocycles. The topological polar surface area (TPSA) is 56.1 Å². The first-order valence-corrected chi connectivity index (χ1v) is 7.97. The highest BCUT2D eigenvalue weighted by Gasteiger charge is 2.25. The van der Waals surface area contributed by atoms with E-state index in [-0.39, 0.29) is 18.0 Å². The maximum atomic E-state index is 13.1. The van der Waals surface area contributed by atoms with E-state index in [1.54, 1.807) is 29.3 Å². The third-order valence-corrected chi connectivity index (χ3v) is 4.14. The second-order valence-corrected chi connectivity index (χ2v) is 6.13. The largest absolute Gasteiger partial charge is 0.372 e. The zero-order chi connectivity index (χ0) is 16.7. The summed E-state index contributed by atoms with van der Waals surface area (Å²) in [6, 6.07) is 6.19. The van der Waals surface area contributed by atoms with Crippen LogP contribution in [0.25, 0.3) is 16.7 Å². The van der Waals surface area contributed by atoms with Crippen molar-refractivity contribution < 1.29 is 9.13 Å². The first-order chi connectivity index (χ1) is 11.6. The summed E-state index contributed by atoms with van der Waals surface area (Å²) in [5, 5.41) is 5.30. The third-order valence-electron chi connectivity index (χ3n) is 4.14. The molecule has 2 atom stereocenters. The number of benzene rings is 1. The molecule has 1 aromatic carbocycles. The molecule has 0 radical (unpaired) electrons. The Hall–Kier alpha value is -2.54. The molecule has 1 aliphatic heterocycles. The number of aromatic nitrogens is 4. The van der Waals surface area contributed by atoms with Crippen molar-refractivity contribution in [1.29, 1.82) is 0 Å². The monoisotopic (exact) mass is 327 g/mol. The van der Waals surface area contributed by atoms with Crippen molar-refractivity contribution in [2.45, 2.75) is 26.1 Å². The Kier molecular flexibility index (Phi) is 3.65. The van der Waals surface area contributed by atoms with Crippen molar-refractivity contribution in [2.75, 3.05) is 18.0 Å². The smallest absolute Gasteiger partial charge is 0.168 e. The summed E-state index contributed by atoms with van der Waals surface area (Å²) in [5.41, 5.74) is 1.47. The van der Waals surface area contributed by atoms with Gasteiger partial charge in [0.05, 0.1) is 29.5 Å². The Bertz CT molecular complexity index is 853. The van der Waals surface area contributed by atoms with Crippen molar-refractivity contribution in [2.24, 2.45) is 0 Å². The lowest BCUT2D eigenvalue weighted by atomic mass is 10.2. The predicted octanol–water partition coefficient (Wildman–Crippen LogP) is 2.57. The van der Waals surface area contributed by atoms with Gasteiger partial charge in [-0.25, -0.2) is 19.0 Å². The third kappa shape index (κ3) is 2.60. The highest BCUT2D eigenvalue weighted by atomic mass is 19.1. The van der Waals surface area contributed by atoms with E-state index in [4.69, 9.17) is 4.74 Å². The van der Waals surface area contributed by atoms with Crippen LogP contribution in [-0.4, -0.2) is 45.0 Å². The minimum absolute atomic E-state index is 0.144. The molecule has 6 nitrogen and oxygen atoms in total. The van der Waals surface area contributed by atoms with Crippen LogP contribution in [0.1, 0.15) is 13.8 Å². The van der Waals surface area contributed by atoms with E-state index in [2.05, 4.69) is 33.8 Å². The summed E-state index contributed by atoms with van der Waals surface area (Å²) >= 11 is 0. The van der Waals surface area contributed by atoms with Crippen LogP contribution in [0.15, 0.2) is 36.8 Å². The van der Waals surface area contributed by atoms with Crippen LogP contribution in [0.5, 0.6) is 0 Å². The standard InChI is InChI=1S/C17H18FN5O/c1-11-8-22(9-12(2)24-11)16-15-7-21-23(17(15)20-10-19-16)14-5-3-13(18)4-6-14/h3-7,10-12H,8-9H2,1-2H3/t11-,12-/m0/s1. The molecule has 3 aromatic rings. The molecule has 24 heavy (non-hydrogen) atoms. The van der Waals surface area contributed by atoms with Crippen LogP contribution in [0.4, 0.5) is 10.2 Å². The summed E-state index contributed by atoms with van der Waals surface area (Å²) in [5.74, 6) is 0.581. The molecule has 2 aromatic heterocycles. The first kappa shape index (κ1) is 15.0. The molecule has 0 N–H and O–H groups in total. The fourth-order valence-corrected chi connectivity index (χ4v) is 3.21. The van der Waals surface area contributed by atoms with Gasteiger partial charge < -0.3 is 9.64 Å². The van der Waals surface area contributed by atoms with Crippen molar-refractivity contribution in [3.63, 3.8) is 0 Å². The molecule has 4 rings (SSSR count). The molecule has 0 amide bonds. The zero-order valence-corrected chi connectivity index (χ0v) is 13.6. The van der Waals surface area contributed by atoms with Crippen LogP contribution in [0, 0.1) is 5.82 Å². The molecule has 1 saturated heterocycles. The zero-order valence-electron chi connectivity index (χ0n) is 13.6. The highest BCUT2D eigenvalue weighted by molar-refractivity contribution is 5.87. The number of fused-ring (bicyclic) bond motifs is 1. The quantitative estimate of drug-likeness (QED) is 0.724. The molecule has 0 bridgehead atoms. The summed E-state index contributed by atoms with van der Waals surface area (Å²) in [4.78, 5) is 11.0. The average molecular weight is 327 g/mol. The number of anilines is 1. The maximum Gasteiger partial charge on any atom is 0.168 e. The molecule has 0 aliphatic carbocycles. The van der Waals surface area contributed by atoms with Crippen LogP contribution < -0.4 is 4.90 Å². The van der Waals surface area contributed by atoms with Crippen LogP contribution in [0.3, 0.4) is 0 Å². The SMILES string of the molecule is C[C@H]1CN(c2ncnc3c2cnn3-c2ccc(F)cc2)C[C@H](C)O1. The molecular weight excluding hydrogens is 309 g/mol. The number of hydrogen-bond donors (Lipinski definition) is 0. The Balaban J connectivity index is 1.78. The number of rotatable bonds is 2. The Morgan fingerprint density at radius 2 is 1.79 bits per heavy atom. The van der Waals surface area contributed by atoms with Gasteiger partial charge in [0.2, 0.25) is 0 Å². The van der Waals surface area contributed by atoms with Gasteiger partial charge in [0, 0.05) is 13.1 Å². The number of nitrogens with zero attached hydrogens (tertiary/aromatic N) is 5. The van der Waals surface area contributed by atoms with E-state index < -0.39 is 0 Å².